The highest BCUT2D eigenvalue weighted by atomic mass is 16.4. The number of nitrogens with zero attached hydrogens (tertiary/aromatic N) is 4. The topological polar surface area (TPSA) is 109 Å². The molecule has 2 amide bonds. The molecule has 9 nitrogen and oxygen atoms in total. The Morgan fingerprint density at radius 1 is 1.16 bits per heavy atom. The molecule has 164 valence electrons. The van der Waals surface area contributed by atoms with Crippen molar-refractivity contribution in [3.8, 4) is 0 Å². The van der Waals surface area contributed by atoms with Crippen LogP contribution >= 0.6 is 0 Å². The van der Waals surface area contributed by atoms with E-state index in [0.29, 0.717) is 35.8 Å². The SMILES string of the molecule is Cn1c(=O)oc2c(NC(=O)N3CCCC(c4n[nH]c(C5CCCCC5)n4)C3)cccc21. The number of aryl methyl sites for hydroxylation is 1. The van der Waals surface area contributed by atoms with Crippen molar-refractivity contribution in [3.05, 3.63) is 40.4 Å². The number of rotatable bonds is 3. The Labute approximate surface area is 179 Å². The molecule has 31 heavy (non-hydrogen) atoms. The molecule has 1 aliphatic carbocycles. The van der Waals surface area contributed by atoms with Crippen LogP contribution in [0.15, 0.2) is 27.4 Å². The maximum absolute atomic E-state index is 13.0. The standard InChI is InChI=1S/C22H28N6O3/c1-27-17-11-5-10-16(18(17)31-22(27)30)23-21(29)28-12-6-9-15(13-28)20-24-19(25-26-20)14-7-3-2-4-8-14/h5,10-11,14-15H,2-4,6-9,12-13H2,1H3,(H,23,29)(H,24,25,26). The number of hydrogen-bond donors (Lipinski definition) is 2. The van der Waals surface area contributed by atoms with Crippen molar-refractivity contribution >= 4 is 22.8 Å². The second-order valence-corrected chi connectivity index (χ2v) is 8.71. The van der Waals surface area contributed by atoms with Crippen LogP contribution in [0.25, 0.3) is 11.1 Å². The van der Waals surface area contributed by atoms with Crippen molar-refractivity contribution in [2.24, 2.45) is 7.05 Å². The largest absolute Gasteiger partial charge is 0.419 e. The number of benzene rings is 1. The number of urea groups is 1. The first-order chi connectivity index (χ1) is 15.1. The highest BCUT2D eigenvalue weighted by molar-refractivity contribution is 5.97. The van der Waals surface area contributed by atoms with Crippen LogP contribution in [0.1, 0.15) is 68.4 Å². The molecule has 1 saturated carbocycles. The Kier molecular flexibility index (Phi) is 5.25. The van der Waals surface area contributed by atoms with Crippen LogP contribution in [0.4, 0.5) is 10.5 Å². The molecule has 3 heterocycles. The lowest BCUT2D eigenvalue weighted by Crippen LogP contribution is -2.41. The van der Waals surface area contributed by atoms with Crippen LogP contribution in [0, 0.1) is 0 Å². The van der Waals surface area contributed by atoms with Crippen LogP contribution in [-0.2, 0) is 7.05 Å². The van der Waals surface area contributed by atoms with E-state index in [0.717, 1.165) is 24.5 Å². The number of piperidine rings is 1. The van der Waals surface area contributed by atoms with Crippen LogP contribution < -0.4 is 11.1 Å². The Bertz CT molecular complexity index is 1140. The third-order valence-corrected chi connectivity index (χ3v) is 6.65. The number of carbonyl (C=O) groups excluding carboxylic acids is 1. The van der Waals surface area contributed by atoms with Crippen molar-refractivity contribution in [3.63, 3.8) is 0 Å². The van der Waals surface area contributed by atoms with Gasteiger partial charge < -0.3 is 14.6 Å². The molecule has 0 bridgehead atoms. The summed E-state index contributed by atoms with van der Waals surface area (Å²) in [4.78, 5) is 31.4. The predicted molar refractivity (Wildman–Crippen MR) is 116 cm³/mol. The number of oxazole rings is 1. The molecule has 1 saturated heterocycles. The van der Waals surface area contributed by atoms with Gasteiger partial charge in [-0.1, -0.05) is 25.3 Å². The summed E-state index contributed by atoms with van der Waals surface area (Å²) in [7, 11) is 1.65. The van der Waals surface area contributed by atoms with E-state index in [9.17, 15) is 9.59 Å². The van der Waals surface area contributed by atoms with Gasteiger partial charge in [-0.05, 0) is 37.8 Å². The van der Waals surface area contributed by atoms with E-state index >= 15 is 0 Å². The summed E-state index contributed by atoms with van der Waals surface area (Å²) in [6.45, 7) is 1.25. The normalized spacial score (nSPS) is 20.3. The summed E-state index contributed by atoms with van der Waals surface area (Å²) in [6, 6.07) is 5.13. The minimum absolute atomic E-state index is 0.124. The van der Waals surface area contributed by atoms with Gasteiger partial charge in [-0.15, -0.1) is 0 Å². The summed E-state index contributed by atoms with van der Waals surface area (Å²) in [5, 5.41) is 10.6. The van der Waals surface area contributed by atoms with E-state index in [4.69, 9.17) is 9.40 Å². The van der Waals surface area contributed by atoms with Crippen LogP contribution in [0.5, 0.6) is 0 Å². The lowest BCUT2D eigenvalue weighted by molar-refractivity contribution is 0.191. The first-order valence-corrected chi connectivity index (χ1v) is 11.2. The predicted octanol–water partition coefficient (Wildman–Crippen LogP) is 3.71. The maximum Gasteiger partial charge on any atom is 0.419 e. The third-order valence-electron chi connectivity index (χ3n) is 6.65. The van der Waals surface area contributed by atoms with E-state index in [-0.39, 0.29) is 11.9 Å². The average molecular weight is 425 g/mol. The molecule has 2 N–H and O–H groups in total. The second kappa shape index (κ2) is 8.20. The van der Waals surface area contributed by atoms with Gasteiger partial charge in [0.15, 0.2) is 11.4 Å². The molecule has 0 spiro atoms. The van der Waals surface area contributed by atoms with E-state index in [1.54, 1.807) is 30.1 Å². The number of H-pyrrole nitrogens is 1. The number of aromatic amines is 1. The molecule has 9 heteroatoms. The van der Waals surface area contributed by atoms with E-state index in [2.05, 4.69) is 15.5 Å². The number of nitrogens with one attached hydrogen (secondary N) is 2. The van der Waals surface area contributed by atoms with Gasteiger partial charge in [0, 0.05) is 32.0 Å². The first-order valence-electron chi connectivity index (χ1n) is 11.2. The van der Waals surface area contributed by atoms with E-state index in [1.807, 2.05) is 0 Å². The molecule has 1 aromatic carbocycles. The van der Waals surface area contributed by atoms with Crippen LogP contribution in [-0.4, -0.2) is 43.8 Å². The van der Waals surface area contributed by atoms with Crippen molar-refractivity contribution in [1.29, 1.82) is 0 Å². The highest BCUT2D eigenvalue weighted by Crippen LogP contribution is 2.32. The summed E-state index contributed by atoms with van der Waals surface area (Å²) in [5.74, 6) is 1.97. The quantitative estimate of drug-likeness (QED) is 0.666. The molecule has 1 aliphatic heterocycles. The van der Waals surface area contributed by atoms with Gasteiger partial charge in [-0.3, -0.25) is 9.67 Å². The number of amides is 2. The Hall–Kier alpha value is -3.10. The number of aromatic nitrogens is 4. The second-order valence-electron chi connectivity index (χ2n) is 8.71. The molecule has 5 rings (SSSR count). The highest BCUT2D eigenvalue weighted by Gasteiger charge is 2.29. The van der Waals surface area contributed by atoms with Crippen LogP contribution in [0.3, 0.4) is 0 Å². The Morgan fingerprint density at radius 3 is 2.81 bits per heavy atom. The maximum atomic E-state index is 13.0. The number of fused-ring (bicyclic) bond motifs is 1. The zero-order valence-corrected chi connectivity index (χ0v) is 17.8. The molecule has 1 unspecified atom stereocenters. The summed E-state index contributed by atoms with van der Waals surface area (Å²) in [6.07, 6.45) is 8.04. The molecule has 2 aliphatic rings. The van der Waals surface area contributed by atoms with Crippen molar-refractivity contribution < 1.29 is 9.21 Å². The van der Waals surface area contributed by atoms with E-state index < -0.39 is 5.76 Å². The molecule has 0 radical (unpaired) electrons. The van der Waals surface area contributed by atoms with Gasteiger partial charge in [0.2, 0.25) is 0 Å². The number of anilines is 1. The van der Waals surface area contributed by atoms with Crippen molar-refractivity contribution in [2.75, 3.05) is 18.4 Å². The van der Waals surface area contributed by atoms with Gasteiger partial charge >= 0.3 is 11.8 Å². The molecule has 2 fully saturated rings. The lowest BCUT2D eigenvalue weighted by atomic mass is 9.89. The smallest absolute Gasteiger partial charge is 0.405 e. The first kappa shape index (κ1) is 19.8. The summed E-state index contributed by atoms with van der Waals surface area (Å²) >= 11 is 0. The minimum Gasteiger partial charge on any atom is -0.405 e. The van der Waals surface area contributed by atoms with Gasteiger partial charge in [0.1, 0.15) is 5.82 Å². The summed E-state index contributed by atoms with van der Waals surface area (Å²) < 4.78 is 6.74. The number of carbonyl (C=O) groups is 1. The Morgan fingerprint density at radius 2 is 1.97 bits per heavy atom. The van der Waals surface area contributed by atoms with Gasteiger partial charge in [0.05, 0.1) is 11.2 Å². The van der Waals surface area contributed by atoms with Gasteiger partial charge in [-0.2, -0.15) is 5.10 Å². The zero-order chi connectivity index (χ0) is 21.4. The van der Waals surface area contributed by atoms with Crippen molar-refractivity contribution in [1.82, 2.24) is 24.6 Å². The number of likely N-dealkylation sites (tertiary alicyclic amines) is 1. The fourth-order valence-electron chi connectivity index (χ4n) is 4.84. The summed E-state index contributed by atoms with van der Waals surface area (Å²) in [5.41, 5.74) is 1.54. The Balaban J connectivity index is 1.28. The number of hydrogen-bond acceptors (Lipinski definition) is 5. The molecular formula is C22H28N6O3. The van der Waals surface area contributed by atoms with E-state index in [1.165, 1.54) is 36.7 Å². The number of para-hydroxylation sites is 1. The van der Waals surface area contributed by atoms with Gasteiger partial charge in [-0.25, -0.2) is 14.6 Å². The fraction of sp³-hybridized carbons (Fsp3) is 0.545. The molecular weight excluding hydrogens is 396 g/mol. The van der Waals surface area contributed by atoms with Gasteiger partial charge in [0.25, 0.3) is 0 Å². The minimum atomic E-state index is -0.451. The average Bonchev–Trinajstić information content (AvgIpc) is 3.41. The third kappa shape index (κ3) is 3.84. The monoisotopic (exact) mass is 424 g/mol. The fourth-order valence-corrected chi connectivity index (χ4v) is 4.84. The van der Waals surface area contributed by atoms with Crippen molar-refractivity contribution in [2.45, 2.75) is 56.8 Å². The van der Waals surface area contributed by atoms with Crippen LogP contribution in [0.2, 0.25) is 0 Å². The zero-order valence-electron chi connectivity index (χ0n) is 17.8. The molecule has 3 aromatic rings. The lowest BCUT2D eigenvalue weighted by Gasteiger charge is -2.31. The molecule has 1 atom stereocenters. The molecule has 2 aromatic heterocycles.